The van der Waals surface area contributed by atoms with Gasteiger partial charge in [0.2, 0.25) is 5.88 Å². The van der Waals surface area contributed by atoms with E-state index in [4.69, 9.17) is 24.4 Å². The van der Waals surface area contributed by atoms with Crippen LogP contribution in [0.5, 0.6) is 5.88 Å². The van der Waals surface area contributed by atoms with Gasteiger partial charge in [-0.15, -0.1) is 0 Å². The first-order valence-electron chi connectivity index (χ1n) is 7.78. The molecule has 0 atom stereocenters. The van der Waals surface area contributed by atoms with E-state index in [0.29, 0.717) is 0 Å². The molecule has 0 spiro atoms. The largest absolute Gasteiger partial charge is 0.780 e. The van der Waals surface area contributed by atoms with Crippen molar-refractivity contribution in [1.29, 1.82) is 0 Å². The van der Waals surface area contributed by atoms with Crippen LogP contribution in [0.1, 0.15) is 5.56 Å². The first kappa shape index (κ1) is 22.8. The van der Waals surface area contributed by atoms with Gasteiger partial charge in [0.05, 0.1) is 0 Å². The highest BCUT2D eigenvalue weighted by Gasteiger charge is 2.34. The second kappa shape index (κ2) is 8.13. The molecule has 2 heterocycles. The van der Waals surface area contributed by atoms with Gasteiger partial charge in [0.25, 0.3) is 17.4 Å². The van der Waals surface area contributed by atoms with Crippen LogP contribution < -0.4 is 19.9 Å². The number of amides is 2. The number of carbonyl (C=O) groups is 2. The molecule has 0 N–H and O–H groups in total. The van der Waals surface area contributed by atoms with Gasteiger partial charge < -0.3 is 18.9 Å². The lowest BCUT2D eigenvalue weighted by molar-refractivity contribution is -0.334. The Bertz CT molecular complexity index is 1120. The van der Waals surface area contributed by atoms with Gasteiger partial charge in [0.15, 0.2) is 9.88 Å². The van der Waals surface area contributed by atoms with Crippen molar-refractivity contribution in [2.45, 2.75) is 0 Å². The molecular formula is C15H15N4O7PS2-2. The predicted octanol–water partition coefficient (Wildman–Crippen LogP) is -1.18. The highest BCUT2D eigenvalue weighted by atomic mass is 32.1. The van der Waals surface area contributed by atoms with Crippen LogP contribution in [0.3, 0.4) is 0 Å². The maximum Gasteiger partial charge on any atom is 0.265 e. The molecule has 2 rings (SSSR count). The van der Waals surface area contributed by atoms with E-state index in [1.165, 1.54) is 34.3 Å². The Kier molecular flexibility index (Phi) is 6.40. The molecule has 0 radical (unpaired) electrons. The van der Waals surface area contributed by atoms with Gasteiger partial charge >= 0.3 is 0 Å². The molecular weight excluding hydrogens is 443 g/mol. The molecule has 1 aromatic rings. The number of phosphoric ester groups is 1. The summed E-state index contributed by atoms with van der Waals surface area (Å²) in [6, 6.07) is 0. The van der Waals surface area contributed by atoms with Gasteiger partial charge in [-0.25, -0.2) is 0 Å². The average Bonchev–Trinajstić information content (AvgIpc) is 2.65. The fraction of sp³-hybridized carbons (Fsp3) is 0.267. The third-order valence-corrected chi connectivity index (χ3v) is 5.50. The van der Waals surface area contributed by atoms with Crippen molar-refractivity contribution in [2.75, 3.05) is 14.1 Å². The first-order valence-corrected chi connectivity index (χ1v) is 10.1. The lowest BCUT2D eigenvalue weighted by atomic mass is 10.1. The van der Waals surface area contributed by atoms with E-state index in [-0.39, 0.29) is 21.0 Å². The standard InChI is InChI=1S/C15H17N4O7PS2/c1-16-10(20)8(11(21)17(2)14(16)28)6-5-7-9-12(22)18(3)15(29)19(4)13(9)26-27(23,24)25/h5-7H,1-4H3,(H2,23,24,25)/p-2/b7-5+. The number of allylic oxidation sites excluding steroid dienone is 2. The number of phosphoric acid groups is 1. The number of rotatable bonds is 4. The second-order valence-electron chi connectivity index (χ2n) is 5.91. The van der Waals surface area contributed by atoms with E-state index in [0.717, 1.165) is 31.1 Å². The van der Waals surface area contributed by atoms with E-state index < -0.39 is 31.1 Å². The van der Waals surface area contributed by atoms with Gasteiger partial charge in [-0.05, 0) is 36.6 Å². The van der Waals surface area contributed by atoms with E-state index in [1.54, 1.807) is 0 Å². The maximum atomic E-state index is 12.5. The number of thiocarbonyl (C=S) groups is 1. The summed E-state index contributed by atoms with van der Waals surface area (Å²) in [7, 11) is -0.0506. The Balaban J connectivity index is 2.59. The monoisotopic (exact) mass is 458 g/mol. The number of nitrogens with zero attached hydrogens (tertiary/aromatic N) is 4. The summed E-state index contributed by atoms with van der Waals surface area (Å²) in [4.78, 5) is 61.3. The Morgan fingerprint density at radius 1 is 0.966 bits per heavy atom. The van der Waals surface area contributed by atoms with Crippen LogP contribution in [0.4, 0.5) is 0 Å². The normalized spacial score (nSPS) is 15.5. The van der Waals surface area contributed by atoms with Gasteiger partial charge in [-0.3, -0.25) is 33.3 Å². The molecule has 1 aromatic heterocycles. The van der Waals surface area contributed by atoms with Crippen molar-refractivity contribution < 1.29 is 28.5 Å². The summed E-state index contributed by atoms with van der Waals surface area (Å²) in [6.07, 6.45) is 3.41. The molecule has 29 heavy (non-hydrogen) atoms. The van der Waals surface area contributed by atoms with Crippen molar-refractivity contribution in [1.82, 2.24) is 18.9 Å². The molecule has 0 aliphatic carbocycles. The highest BCUT2D eigenvalue weighted by Crippen LogP contribution is 2.31. The minimum absolute atomic E-state index is 0.0281. The summed E-state index contributed by atoms with van der Waals surface area (Å²) < 4.78 is 17.4. The van der Waals surface area contributed by atoms with E-state index in [1.807, 2.05) is 0 Å². The Labute approximate surface area is 175 Å². The zero-order valence-corrected chi connectivity index (χ0v) is 18.2. The van der Waals surface area contributed by atoms with Gasteiger partial charge in [-0.2, -0.15) is 0 Å². The zero-order chi connectivity index (χ0) is 22.3. The quantitative estimate of drug-likeness (QED) is 0.236. The molecule has 156 valence electrons. The fourth-order valence-electron chi connectivity index (χ4n) is 2.45. The molecule has 1 aliphatic rings. The summed E-state index contributed by atoms with van der Waals surface area (Å²) >= 11 is 9.98. The number of hydrogen-bond donors (Lipinski definition) is 0. The van der Waals surface area contributed by atoms with Crippen LogP contribution in [0, 0.1) is 4.77 Å². The van der Waals surface area contributed by atoms with Crippen molar-refractivity contribution in [2.24, 2.45) is 14.1 Å². The molecule has 0 saturated carbocycles. The smallest absolute Gasteiger partial charge is 0.265 e. The highest BCUT2D eigenvalue weighted by molar-refractivity contribution is 7.80. The Hall–Kier alpha value is -2.44. The molecule has 2 amide bonds. The number of carbonyl (C=O) groups excluding carboxylic acids is 2. The van der Waals surface area contributed by atoms with Crippen LogP contribution >= 0.6 is 32.3 Å². The molecule has 14 heteroatoms. The van der Waals surface area contributed by atoms with Crippen LogP contribution in [0.25, 0.3) is 6.08 Å². The minimum atomic E-state index is -5.50. The van der Waals surface area contributed by atoms with Gasteiger partial charge in [-0.1, -0.05) is 6.08 Å². The number of hydrogen-bond acceptors (Lipinski definition) is 9. The zero-order valence-electron chi connectivity index (χ0n) is 15.6. The maximum absolute atomic E-state index is 12.5. The van der Waals surface area contributed by atoms with Crippen molar-refractivity contribution in [3.63, 3.8) is 0 Å². The van der Waals surface area contributed by atoms with Gasteiger partial charge in [0.1, 0.15) is 19.0 Å². The molecule has 1 aliphatic heterocycles. The minimum Gasteiger partial charge on any atom is -0.780 e. The van der Waals surface area contributed by atoms with E-state index >= 15 is 0 Å². The van der Waals surface area contributed by atoms with Crippen LogP contribution in [0.15, 0.2) is 22.5 Å². The number of likely N-dealkylation sites (N-methyl/N-ethyl adjacent to an activating group) is 2. The molecule has 0 unspecified atom stereocenters. The third-order valence-electron chi connectivity index (χ3n) is 4.01. The van der Waals surface area contributed by atoms with Crippen LogP contribution in [0.2, 0.25) is 0 Å². The number of aromatic nitrogens is 2. The van der Waals surface area contributed by atoms with Gasteiger partial charge in [0, 0.05) is 28.2 Å². The van der Waals surface area contributed by atoms with E-state index in [2.05, 4.69) is 4.52 Å². The SMILES string of the molecule is CN1C(=O)C(=C/C=C/c2c(OP(=O)([O-])[O-])n(C)c(=S)n(C)c2=O)C(=O)N(C)C1=S. The summed E-state index contributed by atoms with van der Waals surface area (Å²) in [5, 5.41) is 0.0281. The summed E-state index contributed by atoms with van der Waals surface area (Å²) in [5.41, 5.74) is -1.30. The molecule has 1 saturated heterocycles. The van der Waals surface area contributed by atoms with Crippen molar-refractivity contribution >= 4 is 55.3 Å². The summed E-state index contributed by atoms with van der Waals surface area (Å²) in [5.74, 6) is -1.89. The van der Waals surface area contributed by atoms with Crippen molar-refractivity contribution in [3.05, 3.63) is 38.4 Å². The molecule has 1 fully saturated rings. The fourth-order valence-corrected chi connectivity index (χ4v) is 3.21. The van der Waals surface area contributed by atoms with Crippen LogP contribution in [-0.2, 0) is 28.2 Å². The van der Waals surface area contributed by atoms with Crippen molar-refractivity contribution in [3.8, 4) is 5.88 Å². The lowest BCUT2D eigenvalue weighted by Gasteiger charge is -2.31. The van der Waals surface area contributed by atoms with Crippen LogP contribution in [-0.4, -0.2) is 50.0 Å². The average molecular weight is 458 g/mol. The molecule has 0 bridgehead atoms. The Morgan fingerprint density at radius 3 is 1.97 bits per heavy atom. The topological polar surface area (TPSA) is 140 Å². The lowest BCUT2D eigenvalue weighted by Crippen LogP contribution is -2.52. The molecule has 11 nitrogen and oxygen atoms in total. The summed E-state index contributed by atoms with van der Waals surface area (Å²) in [6.45, 7) is 0. The third kappa shape index (κ3) is 4.43. The first-order chi connectivity index (χ1) is 13.3. The predicted molar refractivity (Wildman–Crippen MR) is 105 cm³/mol. The second-order valence-corrected chi connectivity index (χ2v) is 7.72. The van der Waals surface area contributed by atoms with E-state index in [9.17, 15) is 28.7 Å². The molecule has 0 aromatic carbocycles. The Morgan fingerprint density at radius 2 is 1.48 bits per heavy atom.